The Kier molecular flexibility index (Phi) is 4.68. The first kappa shape index (κ1) is 11.6. The van der Waals surface area contributed by atoms with E-state index in [1.807, 2.05) is 19.1 Å². The molecule has 1 N–H and O–H groups in total. The first-order valence-electron chi connectivity index (χ1n) is 5.20. The SMILES string of the molecule is CCCCO/N=C(\C)c1ccc(O)cc1. The average molecular weight is 207 g/mol. The second kappa shape index (κ2) is 6.06. The van der Waals surface area contributed by atoms with Crippen molar-refractivity contribution in [1.82, 2.24) is 0 Å². The van der Waals surface area contributed by atoms with Gasteiger partial charge < -0.3 is 9.94 Å². The minimum atomic E-state index is 0.262. The molecule has 0 aromatic heterocycles. The number of hydrogen-bond donors (Lipinski definition) is 1. The van der Waals surface area contributed by atoms with Gasteiger partial charge in [-0.05, 0) is 43.2 Å². The van der Waals surface area contributed by atoms with E-state index in [2.05, 4.69) is 12.1 Å². The molecule has 0 saturated heterocycles. The van der Waals surface area contributed by atoms with Gasteiger partial charge >= 0.3 is 0 Å². The molecule has 3 heteroatoms. The minimum absolute atomic E-state index is 0.262. The molecule has 0 spiro atoms. The van der Waals surface area contributed by atoms with Gasteiger partial charge in [0.25, 0.3) is 0 Å². The quantitative estimate of drug-likeness (QED) is 0.458. The average Bonchev–Trinajstić information content (AvgIpc) is 2.25. The van der Waals surface area contributed by atoms with Crippen LogP contribution in [0.25, 0.3) is 0 Å². The predicted octanol–water partition coefficient (Wildman–Crippen LogP) is 2.93. The molecule has 0 atom stereocenters. The summed E-state index contributed by atoms with van der Waals surface area (Å²) in [6.45, 7) is 4.66. The third kappa shape index (κ3) is 4.02. The van der Waals surface area contributed by atoms with Crippen molar-refractivity contribution in [3.8, 4) is 5.75 Å². The van der Waals surface area contributed by atoms with Crippen molar-refractivity contribution in [2.75, 3.05) is 6.61 Å². The minimum Gasteiger partial charge on any atom is -0.508 e. The summed E-state index contributed by atoms with van der Waals surface area (Å²) in [6.07, 6.45) is 2.13. The van der Waals surface area contributed by atoms with Crippen molar-refractivity contribution >= 4 is 5.71 Å². The Morgan fingerprint density at radius 3 is 2.60 bits per heavy atom. The highest BCUT2D eigenvalue weighted by molar-refractivity contribution is 5.98. The molecule has 3 nitrogen and oxygen atoms in total. The summed E-state index contributed by atoms with van der Waals surface area (Å²) < 4.78 is 0. The van der Waals surface area contributed by atoms with Gasteiger partial charge in [0.15, 0.2) is 0 Å². The number of rotatable bonds is 5. The van der Waals surface area contributed by atoms with Gasteiger partial charge in [0.2, 0.25) is 0 Å². The predicted molar refractivity (Wildman–Crippen MR) is 61.2 cm³/mol. The maximum Gasteiger partial charge on any atom is 0.117 e. The van der Waals surface area contributed by atoms with E-state index in [1.165, 1.54) is 0 Å². The first-order valence-corrected chi connectivity index (χ1v) is 5.20. The molecular weight excluding hydrogens is 190 g/mol. The lowest BCUT2D eigenvalue weighted by atomic mass is 10.1. The fourth-order valence-electron chi connectivity index (χ4n) is 1.11. The summed E-state index contributed by atoms with van der Waals surface area (Å²) in [5, 5.41) is 13.1. The molecule has 0 aliphatic rings. The van der Waals surface area contributed by atoms with Crippen LogP contribution < -0.4 is 0 Å². The van der Waals surface area contributed by atoms with Crippen molar-refractivity contribution in [3.05, 3.63) is 29.8 Å². The van der Waals surface area contributed by atoms with Gasteiger partial charge in [-0.15, -0.1) is 0 Å². The summed E-state index contributed by atoms with van der Waals surface area (Å²) in [5.41, 5.74) is 1.79. The van der Waals surface area contributed by atoms with Crippen LogP contribution in [0.4, 0.5) is 0 Å². The highest BCUT2D eigenvalue weighted by Crippen LogP contribution is 2.10. The topological polar surface area (TPSA) is 41.8 Å². The molecule has 82 valence electrons. The molecule has 0 fully saturated rings. The molecule has 0 unspecified atom stereocenters. The number of hydrogen-bond acceptors (Lipinski definition) is 3. The van der Waals surface area contributed by atoms with Gasteiger partial charge in [0, 0.05) is 0 Å². The normalized spacial score (nSPS) is 11.5. The molecular formula is C12H17NO2. The molecule has 1 aromatic rings. The lowest BCUT2D eigenvalue weighted by Gasteiger charge is -2.01. The van der Waals surface area contributed by atoms with E-state index in [4.69, 9.17) is 9.94 Å². The maximum atomic E-state index is 9.11. The molecule has 0 bridgehead atoms. The number of aromatic hydroxyl groups is 1. The third-order valence-electron chi connectivity index (χ3n) is 2.08. The van der Waals surface area contributed by atoms with Gasteiger partial charge in [-0.1, -0.05) is 18.5 Å². The summed E-state index contributed by atoms with van der Waals surface area (Å²) in [6, 6.07) is 6.91. The van der Waals surface area contributed by atoms with E-state index >= 15 is 0 Å². The Morgan fingerprint density at radius 2 is 2.00 bits per heavy atom. The summed E-state index contributed by atoms with van der Waals surface area (Å²) in [5.74, 6) is 0.262. The highest BCUT2D eigenvalue weighted by Gasteiger charge is 1.97. The van der Waals surface area contributed by atoms with Gasteiger partial charge in [-0.3, -0.25) is 0 Å². The molecule has 0 amide bonds. The van der Waals surface area contributed by atoms with Crippen molar-refractivity contribution in [2.45, 2.75) is 26.7 Å². The summed E-state index contributed by atoms with van der Waals surface area (Å²) in [4.78, 5) is 5.15. The van der Waals surface area contributed by atoms with Crippen LogP contribution in [0.1, 0.15) is 32.3 Å². The van der Waals surface area contributed by atoms with Gasteiger partial charge in [0.05, 0.1) is 5.71 Å². The molecule has 0 aliphatic heterocycles. The number of phenolic OH excluding ortho intramolecular Hbond substituents is 1. The summed E-state index contributed by atoms with van der Waals surface area (Å²) in [7, 11) is 0. The second-order valence-electron chi connectivity index (χ2n) is 3.41. The van der Waals surface area contributed by atoms with Crippen LogP contribution in [-0.2, 0) is 4.84 Å². The maximum absolute atomic E-state index is 9.11. The van der Waals surface area contributed by atoms with Crippen molar-refractivity contribution in [1.29, 1.82) is 0 Å². The van der Waals surface area contributed by atoms with E-state index < -0.39 is 0 Å². The van der Waals surface area contributed by atoms with Crippen LogP contribution in [-0.4, -0.2) is 17.4 Å². The summed E-state index contributed by atoms with van der Waals surface area (Å²) >= 11 is 0. The Bertz CT molecular complexity index is 317. The molecule has 0 saturated carbocycles. The second-order valence-corrected chi connectivity index (χ2v) is 3.41. The number of oxime groups is 1. The van der Waals surface area contributed by atoms with E-state index in [1.54, 1.807) is 12.1 Å². The molecule has 15 heavy (non-hydrogen) atoms. The Morgan fingerprint density at radius 1 is 1.33 bits per heavy atom. The molecule has 1 rings (SSSR count). The van der Waals surface area contributed by atoms with Gasteiger partial charge in [0.1, 0.15) is 12.4 Å². The highest BCUT2D eigenvalue weighted by atomic mass is 16.6. The zero-order valence-corrected chi connectivity index (χ0v) is 9.23. The van der Waals surface area contributed by atoms with E-state index in [0.717, 1.165) is 24.1 Å². The van der Waals surface area contributed by atoms with Gasteiger partial charge in [-0.2, -0.15) is 0 Å². The van der Waals surface area contributed by atoms with Crippen LogP contribution in [0.5, 0.6) is 5.75 Å². The Hall–Kier alpha value is -1.51. The zero-order chi connectivity index (χ0) is 11.1. The van der Waals surface area contributed by atoms with Gasteiger partial charge in [-0.25, -0.2) is 0 Å². The van der Waals surface area contributed by atoms with Crippen LogP contribution >= 0.6 is 0 Å². The van der Waals surface area contributed by atoms with Crippen LogP contribution in [0.15, 0.2) is 29.4 Å². The molecule has 0 heterocycles. The number of unbranched alkanes of at least 4 members (excludes halogenated alkanes) is 1. The first-order chi connectivity index (χ1) is 7.24. The largest absolute Gasteiger partial charge is 0.508 e. The van der Waals surface area contributed by atoms with E-state index in [0.29, 0.717) is 6.61 Å². The van der Waals surface area contributed by atoms with E-state index in [-0.39, 0.29) is 5.75 Å². The van der Waals surface area contributed by atoms with Crippen LogP contribution in [0, 0.1) is 0 Å². The monoisotopic (exact) mass is 207 g/mol. The number of phenols is 1. The lowest BCUT2D eigenvalue weighted by molar-refractivity contribution is 0.141. The van der Waals surface area contributed by atoms with Crippen molar-refractivity contribution in [3.63, 3.8) is 0 Å². The molecule has 0 radical (unpaired) electrons. The van der Waals surface area contributed by atoms with Crippen LogP contribution in [0.2, 0.25) is 0 Å². The Labute approximate surface area is 90.4 Å². The Balaban J connectivity index is 2.52. The van der Waals surface area contributed by atoms with Crippen LogP contribution in [0.3, 0.4) is 0 Å². The number of benzene rings is 1. The number of nitrogens with zero attached hydrogens (tertiary/aromatic N) is 1. The lowest BCUT2D eigenvalue weighted by Crippen LogP contribution is -1.96. The standard InChI is InChI=1S/C12H17NO2/c1-3-4-9-15-13-10(2)11-5-7-12(14)8-6-11/h5-8,14H,3-4,9H2,1-2H3/b13-10+. The fraction of sp³-hybridized carbons (Fsp3) is 0.417. The third-order valence-corrected chi connectivity index (χ3v) is 2.08. The van der Waals surface area contributed by atoms with E-state index in [9.17, 15) is 0 Å². The molecule has 0 aliphatic carbocycles. The fourth-order valence-corrected chi connectivity index (χ4v) is 1.11. The smallest absolute Gasteiger partial charge is 0.117 e. The zero-order valence-electron chi connectivity index (χ0n) is 9.23. The molecule has 1 aromatic carbocycles. The van der Waals surface area contributed by atoms with Crippen molar-refractivity contribution < 1.29 is 9.94 Å². The van der Waals surface area contributed by atoms with Crippen molar-refractivity contribution in [2.24, 2.45) is 5.16 Å².